The quantitative estimate of drug-likeness (QED) is 0.0667. The van der Waals surface area contributed by atoms with Crippen molar-refractivity contribution in [3.05, 3.63) is 212 Å². The minimum absolute atomic E-state index is 0. The third-order valence-corrected chi connectivity index (χ3v) is 12.8. The Morgan fingerprint density at radius 2 is 0.438 bits per heavy atom. The summed E-state index contributed by atoms with van der Waals surface area (Å²) >= 11 is 0. The SMILES string of the molecule is CCCC[N+](CCCC)(CCCC)CCCC.Cc1ccc(C(O)(c2ccc(C)cc2)c2ccc(C)cc2)cc1.Cc1ccc(C(O)(c2ccc(C)cc2)c2ccc(C)cc2)cc1.[F-]. The maximum atomic E-state index is 11.7. The van der Waals surface area contributed by atoms with Gasteiger partial charge in [-0.3, -0.25) is 0 Å². The summed E-state index contributed by atoms with van der Waals surface area (Å²) in [4.78, 5) is 0. The fourth-order valence-electron chi connectivity index (χ4n) is 8.41. The molecule has 3 nitrogen and oxygen atoms in total. The summed E-state index contributed by atoms with van der Waals surface area (Å²) in [5.74, 6) is 0. The zero-order chi connectivity index (χ0) is 45.9. The molecule has 0 aliphatic heterocycles. The highest BCUT2D eigenvalue weighted by Crippen LogP contribution is 2.38. The number of aryl methyl sites for hydroxylation is 6. The van der Waals surface area contributed by atoms with Gasteiger partial charge in [-0.25, -0.2) is 0 Å². The molecule has 0 heterocycles. The van der Waals surface area contributed by atoms with E-state index in [1.54, 1.807) is 0 Å². The summed E-state index contributed by atoms with van der Waals surface area (Å²) < 4.78 is 1.42. The topological polar surface area (TPSA) is 40.5 Å². The molecule has 0 radical (unpaired) electrons. The first kappa shape index (κ1) is 53.5. The van der Waals surface area contributed by atoms with Crippen LogP contribution in [0.3, 0.4) is 0 Å². The predicted octanol–water partition coefficient (Wildman–Crippen LogP) is 11.8. The van der Waals surface area contributed by atoms with Crippen LogP contribution in [-0.4, -0.2) is 40.9 Å². The van der Waals surface area contributed by atoms with Gasteiger partial charge in [0.15, 0.2) is 0 Å². The highest BCUT2D eigenvalue weighted by atomic mass is 19.0. The number of hydrogen-bond acceptors (Lipinski definition) is 2. The van der Waals surface area contributed by atoms with E-state index in [2.05, 4.69) is 69.2 Å². The van der Waals surface area contributed by atoms with Crippen LogP contribution in [-0.2, 0) is 11.2 Å². The zero-order valence-electron chi connectivity index (χ0n) is 41.1. The highest BCUT2D eigenvalue weighted by molar-refractivity contribution is 5.50. The van der Waals surface area contributed by atoms with Crippen LogP contribution in [0.4, 0.5) is 0 Å². The Morgan fingerprint density at radius 1 is 0.297 bits per heavy atom. The molecule has 0 unspecified atom stereocenters. The molecule has 0 aromatic heterocycles. The Hall–Kier alpha value is -4.87. The van der Waals surface area contributed by atoms with Gasteiger partial charge in [0.05, 0.1) is 26.2 Å². The molecule has 6 aromatic rings. The fraction of sp³-hybridized carbons (Fsp3) is 0.400. The first-order valence-corrected chi connectivity index (χ1v) is 24.0. The molecule has 0 bridgehead atoms. The van der Waals surface area contributed by atoms with Gasteiger partial charge in [0, 0.05) is 0 Å². The summed E-state index contributed by atoms with van der Waals surface area (Å²) in [6, 6.07) is 48.6. The van der Waals surface area contributed by atoms with Crippen LogP contribution in [0, 0.1) is 41.5 Å². The van der Waals surface area contributed by atoms with E-state index in [0.29, 0.717) is 0 Å². The number of nitrogens with zero attached hydrogens (tertiary/aromatic N) is 1. The number of halogens is 1. The van der Waals surface area contributed by atoms with E-state index < -0.39 is 11.2 Å². The molecule has 6 rings (SSSR count). The van der Waals surface area contributed by atoms with Crippen LogP contribution in [0.1, 0.15) is 146 Å². The van der Waals surface area contributed by atoms with E-state index in [-0.39, 0.29) is 4.70 Å². The second-order valence-electron chi connectivity index (χ2n) is 18.3. The molecule has 0 aliphatic rings. The summed E-state index contributed by atoms with van der Waals surface area (Å²) in [5, 5.41) is 23.4. The number of hydrogen-bond donors (Lipinski definition) is 2. The van der Waals surface area contributed by atoms with Crippen LogP contribution in [0.2, 0.25) is 0 Å². The van der Waals surface area contributed by atoms with Crippen molar-refractivity contribution in [1.29, 1.82) is 0 Å². The van der Waals surface area contributed by atoms with Crippen molar-refractivity contribution < 1.29 is 19.4 Å². The lowest BCUT2D eigenvalue weighted by Crippen LogP contribution is -3.00. The third-order valence-electron chi connectivity index (χ3n) is 12.8. The minimum atomic E-state index is -1.14. The number of quaternary nitrogens is 1. The molecular formula is C60H80FNO2. The van der Waals surface area contributed by atoms with Crippen molar-refractivity contribution in [3.63, 3.8) is 0 Å². The summed E-state index contributed by atoms with van der Waals surface area (Å²) in [6.07, 6.45) is 11.1. The molecule has 0 aliphatic carbocycles. The van der Waals surface area contributed by atoms with Crippen molar-refractivity contribution in [1.82, 2.24) is 0 Å². The van der Waals surface area contributed by atoms with Crippen molar-refractivity contribution in [2.45, 2.75) is 132 Å². The van der Waals surface area contributed by atoms with Crippen molar-refractivity contribution in [3.8, 4) is 0 Å². The third kappa shape index (κ3) is 14.6. The second-order valence-corrected chi connectivity index (χ2v) is 18.3. The van der Waals surface area contributed by atoms with E-state index in [1.807, 2.05) is 146 Å². The van der Waals surface area contributed by atoms with Gasteiger partial charge < -0.3 is 19.4 Å². The van der Waals surface area contributed by atoms with Crippen LogP contribution in [0.5, 0.6) is 0 Å². The molecule has 64 heavy (non-hydrogen) atoms. The lowest BCUT2D eigenvalue weighted by molar-refractivity contribution is -0.929. The van der Waals surface area contributed by atoms with Crippen LogP contribution < -0.4 is 4.70 Å². The zero-order valence-corrected chi connectivity index (χ0v) is 41.1. The average molecular weight is 866 g/mol. The summed E-state index contributed by atoms with van der Waals surface area (Å²) in [7, 11) is 0. The Bertz CT molecular complexity index is 1770. The average Bonchev–Trinajstić information content (AvgIpc) is 3.30. The first-order valence-electron chi connectivity index (χ1n) is 24.0. The Morgan fingerprint density at radius 3 is 0.562 bits per heavy atom. The summed E-state index contributed by atoms with van der Waals surface area (Å²) in [5.41, 5.74) is 10.1. The molecule has 6 aromatic carbocycles. The normalized spacial score (nSPS) is 11.4. The highest BCUT2D eigenvalue weighted by Gasteiger charge is 2.35. The first-order chi connectivity index (χ1) is 30.2. The van der Waals surface area contributed by atoms with Crippen molar-refractivity contribution in [2.75, 3.05) is 26.2 Å². The van der Waals surface area contributed by atoms with Gasteiger partial charge in [-0.2, -0.15) is 0 Å². The van der Waals surface area contributed by atoms with Crippen LogP contribution in [0.15, 0.2) is 146 Å². The molecule has 344 valence electrons. The number of rotatable bonds is 18. The van der Waals surface area contributed by atoms with Gasteiger partial charge in [-0.1, -0.05) is 232 Å². The largest absolute Gasteiger partial charge is 1.00 e. The number of unbranched alkanes of at least 4 members (excludes halogenated alkanes) is 4. The number of aliphatic hydroxyl groups is 2. The maximum Gasteiger partial charge on any atom is 0.140 e. The lowest BCUT2D eigenvalue weighted by Gasteiger charge is -2.39. The van der Waals surface area contributed by atoms with Gasteiger partial charge in [-0.05, 0) is 101 Å². The minimum Gasteiger partial charge on any atom is -1.00 e. The van der Waals surface area contributed by atoms with E-state index in [9.17, 15) is 10.2 Å². The van der Waals surface area contributed by atoms with Gasteiger partial charge in [0.25, 0.3) is 0 Å². The molecule has 0 amide bonds. The fourth-order valence-corrected chi connectivity index (χ4v) is 8.41. The molecule has 4 heteroatoms. The lowest BCUT2D eigenvalue weighted by atomic mass is 9.80. The van der Waals surface area contributed by atoms with E-state index in [0.717, 1.165) is 33.4 Å². The second kappa shape index (κ2) is 26.2. The van der Waals surface area contributed by atoms with E-state index in [1.165, 1.54) is 115 Å². The molecule has 0 saturated carbocycles. The Balaban J connectivity index is 0.000000257. The number of benzene rings is 6. The van der Waals surface area contributed by atoms with Crippen LogP contribution >= 0.6 is 0 Å². The van der Waals surface area contributed by atoms with Crippen molar-refractivity contribution in [2.24, 2.45) is 0 Å². The molecule has 0 fully saturated rings. The molecule has 0 saturated heterocycles. The monoisotopic (exact) mass is 866 g/mol. The smallest absolute Gasteiger partial charge is 0.140 e. The van der Waals surface area contributed by atoms with E-state index in [4.69, 9.17) is 0 Å². The maximum absolute atomic E-state index is 11.7. The van der Waals surface area contributed by atoms with Gasteiger partial charge >= 0.3 is 0 Å². The Labute approximate surface area is 388 Å². The van der Waals surface area contributed by atoms with Crippen LogP contribution in [0.25, 0.3) is 0 Å². The molecular weight excluding hydrogens is 786 g/mol. The van der Waals surface area contributed by atoms with Gasteiger partial charge in [-0.15, -0.1) is 0 Å². The molecule has 0 atom stereocenters. The predicted molar refractivity (Wildman–Crippen MR) is 271 cm³/mol. The molecule has 2 N–H and O–H groups in total. The van der Waals surface area contributed by atoms with Gasteiger partial charge in [0.2, 0.25) is 0 Å². The molecule has 0 spiro atoms. The van der Waals surface area contributed by atoms with Gasteiger partial charge in [0.1, 0.15) is 11.2 Å². The summed E-state index contributed by atoms with van der Waals surface area (Å²) in [6.45, 7) is 27.4. The standard InChI is InChI=1S/2C22H22O.C16H36N.FH/c2*1-16-4-10-19(11-5-16)22(23,20-12-6-17(2)7-13-20)21-14-8-18(3)9-15-21;1-5-9-13-17(14-10-6-2,15-11-7-3)16-12-8-4;/h2*4-15,23H,1-3H3;5-16H2,1-4H3;1H/q;;+1;/p-1. The van der Waals surface area contributed by atoms with E-state index >= 15 is 0 Å². The Kier molecular flexibility index (Phi) is 21.9. The van der Waals surface area contributed by atoms with Crippen molar-refractivity contribution >= 4 is 0 Å².